The van der Waals surface area contributed by atoms with Gasteiger partial charge in [-0.25, -0.2) is 4.98 Å². The third-order valence-electron chi connectivity index (χ3n) is 3.27. The summed E-state index contributed by atoms with van der Waals surface area (Å²) in [7, 11) is 0. The number of anilines is 1. The zero-order chi connectivity index (χ0) is 12.5. The van der Waals surface area contributed by atoms with Crippen LogP contribution < -0.4 is 10.5 Å². The van der Waals surface area contributed by atoms with E-state index in [1.54, 1.807) is 6.07 Å². The number of H-pyrrole nitrogens is 1. The Bertz CT molecular complexity index is 692. The molecule has 5 heteroatoms. The molecule has 1 saturated heterocycles. The molecule has 0 unspecified atom stereocenters. The lowest BCUT2D eigenvalue weighted by Crippen LogP contribution is -2.18. The van der Waals surface area contributed by atoms with Gasteiger partial charge in [-0.15, -0.1) is 0 Å². The second-order valence-electron chi connectivity index (χ2n) is 4.42. The van der Waals surface area contributed by atoms with Crippen LogP contribution in [-0.4, -0.2) is 23.1 Å². The molecule has 90 valence electrons. The van der Waals surface area contributed by atoms with Gasteiger partial charge in [-0.1, -0.05) is 0 Å². The van der Waals surface area contributed by atoms with Crippen molar-refractivity contribution < 1.29 is 0 Å². The first-order valence-electron chi connectivity index (χ1n) is 5.97. The number of nitrogens with zero attached hydrogens (tertiary/aromatic N) is 3. The average molecular weight is 240 g/mol. The molecule has 1 fully saturated rings. The summed E-state index contributed by atoms with van der Waals surface area (Å²) in [6, 6.07) is 7.47. The van der Waals surface area contributed by atoms with E-state index in [1.807, 2.05) is 18.2 Å². The van der Waals surface area contributed by atoms with E-state index in [1.165, 1.54) is 12.8 Å². The minimum atomic E-state index is -0.252. The van der Waals surface area contributed by atoms with Gasteiger partial charge in [0, 0.05) is 18.8 Å². The van der Waals surface area contributed by atoms with E-state index < -0.39 is 0 Å². The summed E-state index contributed by atoms with van der Waals surface area (Å²) >= 11 is 0. The predicted octanol–water partition coefficient (Wildman–Crippen LogP) is 1.39. The summed E-state index contributed by atoms with van der Waals surface area (Å²) in [6.45, 7) is 2.07. The number of benzene rings is 1. The normalized spacial score (nSPS) is 14.9. The Hall–Kier alpha value is -2.35. The first-order chi connectivity index (χ1) is 8.78. The molecule has 2 aromatic rings. The molecule has 2 heterocycles. The molecule has 1 aliphatic rings. The summed E-state index contributed by atoms with van der Waals surface area (Å²) in [5.41, 5.74) is 1.37. The fourth-order valence-corrected chi connectivity index (χ4v) is 2.35. The van der Waals surface area contributed by atoms with Crippen molar-refractivity contribution in [1.82, 2.24) is 9.97 Å². The summed E-state index contributed by atoms with van der Waals surface area (Å²) in [4.78, 5) is 20.7. The molecule has 5 nitrogen and oxygen atoms in total. The summed E-state index contributed by atoms with van der Waals surface area (Å²) in [5, 5.41) is 9.30. The molecule has 0 saturated carbocycles. The Morgan fingerprint density at radius 3 is 2.83 bits per heavy atom. The highest BCUT2D eigenvalue weighted by Gasteiger charge is 2.13. The lowest BCUT2D eigenvalue weighted by molar-refractivity contribution is 0.949. The van der Waals surface area contributed by atoms with Gasteiger partial charge in [-0.05, 0) is 31.0 Å². The molecule has 1 N–H and O–H groups in total. The summed E-state index contributed by atoms with van der Waals surface area (Å²) in [5.74, 6) is 0.0569. The molecule has 0 amide bonds. The largest absolute Gasteiger partial charge is 0.372 e. The molecular weight excluding hydrogens is 228 g/mol. The van der Waals surface area contributed by atoms with Crippen molar-refractivity contribution in [3.63, 3.8) is 0 Å². The van der Waals surface area contributed by atoms with Gasteiger partial charge in [0.05, 0.1) is 10.9 Å². The second-order valence-corrected chi connectivity index (χ2v) is 4.42. The topological polar surface area (TPSA) is 72.8 Å². The van der Waals surface area contributed by atoms with Crippen LogP contribution in [0.1, 0.15) is 18.7 Å². The van der Waals surface area contributed by atoms with Crippen LogP contribution in [0.2, 0.25) is 0 Å². The van der Waals surface area contributed by atoms with Gasteiger partial charge >= 0.3 is 0 Å². The molecule has 18 heavy (non-hydrogen) atoms. The standard InChI is InChI=1S/C13H12N4O/c14-8-12-15-11-4-3-9(17-5-1-2-6-17)7-10(11)13(18)16-12/h3-4,7H,1-2,5-6H2,(H,15,16,18). The highest BCUT2D eigenvalue weighted by Crippen LogP contribution is 2.22. The van der Waals surface area contributed by atoms with Crippen LogP contribution in [0.4, 0.5) is 5.69 Å². The van der Waals surface area contributed by atoms with Crippen molar-refractivity contribution in [2.45, 2.75) is 12.8 Å². The third kappa shape index (κ3) is 1.72. The van der Waals surface area contributed by atoms with Crippen LogP contribution in [0.5, 0.6) is 0 Å². The maximum atomic E-state index is 11.9. The Balaban J connectivity index is 2.15. The van der Waals surface area contributed by atoms with Gasteiger partial charge in [0.2, 0.25) is 5.82 Å². The van der Waals surface area contributed by atoms with Gasteiger partial charge in [0.25, 0.3) is 5.56 Å². The van der Waals surface area contributed by atoms with Gasteiger partial charge in [-0.3, -0.25) is 9.78 Å². The number of hydrogen-bond acceptors (Lipinski definition) is 4. The molecule has 1 aromatic heterocycles. The first kappa shape index (κ1) is 10.8. The van der Waals surface area contributed by atoms with E-state index in [0.29, 0.717) is 10.9 Å². The van der Waals surface area contributed by atoms with Gasteiger partial charge in [0.1, 0.15) is 6.07 Å². The number of aromatic amines is 1. The lowest BCUT2D eigenvalue weighted by Gasteiger charge is -2.17. The van der Waals surface area contributed by atoms with Gasteiger partial charge < -0.3 is 4.90 Å². The Morgan fingerprint density at radius 2 is 2.11 bits per heavy atom. The number of aromatic nitrogens is 2. The molecule has 0 aliphatic carbocycles. The zero-order valence-electron chi connectivity index (χ0n) is 9.81. The van der Waals surface area contributed by atoms with Crippen LogP contribution in [0, 0.1) is 11.3 Å². The fraction of sp³-hybridized carbons (Fsp3) is 0.308. The van der Waals surface area contributed by atoms with Crippen LogP contribution in [-0.2, 0) is 0 Å². The number of nitrogens with one attached hydrogen (secondary N) is 1. The third-order valence-corrected chi connectivity index (χ3v) is 3.27. The van der Waals surface area contributed by atoms with Crippen molar-refractivity contribution in [3.05, 3.63) is 34.4 Å². The number of nitriles is 1. The highest BCUT2D eigenvalue weighted by molar-refractivity contribution is 5.82. The molecule has 0 atom stereocenters. The predicted molar refractivity (Wildman–Crippen MR) is 68.5 cm³/mol. The molecule has 1 aliphatic heterocycles. The number of hydrogen-bond donors (Lipinski definition) is 1. The van der Waals surface area contributed by atoms with Crippen LogP contribution in [0.3, 0.4) is 0 Å². The Kier molecular flexibility index (Phi) is 2.49. The fourth-order valence-electron chi connectivity index (χ4n) is 2.35. The van der Waals surface area contributed by atoms with E-state index in [2.05, 4.69) is 14.9 Å². The average Bonchev–Trinajstić information content (AvgIpc) is 2.92. The molecule has 0 bridgehead atoms. The number of rotatable bonds is 1. The quantitative estimate of drug-likeness (QED) is 0.817. The maximum absolute atomic E-state index is 11.9. The van der Waals surface area contributed by atoms with E-state index in [-0.39, 0.29) is 11.4 Å². The van der Waals surface area contributed by atoms with E-state index in [0.717, 1.165) is 18.8 Å². The van der Waals surface area contributed by atoms with Crippen molar-refractivity contribution in [3.8, 4) is 6.07 Å². The van der Waals surface area contributed by atoms with E-state index >= 15 is 0 Å². The van der Waals surface area contributed by atoms with Crippen molar-refractivity contribution in [1.29, 1.82) is 5.26 Å². The van der Waals surface area contributed by atoms with Crippen molar-refractivity contribution in [2.24, 2.45) is 0 Å². The zero-order valence-corrected chi connectivity index (χ0v) is 9.81. The van der Waals surface area contributed by atoms with Crippen LogP contribution in [0.15, 0.2) is 23.0 Å². The van der Waals surface area contributed by atoms with Crippen LogP contribution >= 0.6 is 0 Å². The van der Waals surface area contributed by atoms with E-state index in [9.17, 15) is 4.79 Å². The van der Waals surface area contributed by atoms with Crippen molar-refractivity contribution in [2.75, 3.05) is 18.0 Å². The van der Waals surface area contributed by atoms with Crippen molar-refractivity contribution >= 4 is 16.6 Å². The minimum absolute atomic E-state index is 0.0569. The molecule has 3 rings (SSSR count). The Labute approximate surface area is 104 Å². The molecule has 0 spiro atoms. The molecule has 0 radical (unpaired) electrons. The Morgan fingerprint density at radius 1 is 1.33 bits per heavy atom. The summed E-state index contributed by atoms with van der Waals surface area (Å²) in [6.07, 6.45) is 2.39. The van der Waals surface area contributed by atoms with Crippen LogP contribution in [0.25, 0.3) is 10.9 Å². The second kappa shape index (κ2) is 4.15. The monoisotopic (exact) mass is 240 g/mol. The smallest absolute Gasteiger partial charge is 0.259 e. The van der Waals surface area contributed by atoms with Gasteiger partial charge in [-0.2, -0.15) is 5.26 Å². The highest BCUT2D eigenvalue weighted by atomic mass is 16.1. The summed E-state index contributed by atoms with van der Waals surface area (Å²) < 4.78 is 0. The first-order valence-corrected chi connectivity index (χ1v) is 5.97. The molecular formula is C13H12N4O. The lowest BCUT2D eigenvalue weighted by atomic mass is 10.2. The maximum Gasteiger partial charge on any atom is 0.259 e. The van der Waals surface area contributed by atoms with Gasteiger partial charge in [0.15, 0.2) is 0 Å². The minimum Gasteiger partial charge on any atom is -0.372 e. The SMILES string of the molecule is N#Cc1nc2ccc(N3CCCC3)cc2c(=O)[nH]1. The van der Waals surface area contributed by atoms with E-state index in [4.69, 9.17) is 5.26 Å². The number of fused-ring (bicyclic) bond motifs is 1. The molecule has 1 aromatic carbocycles.